The molecule has 0 unspecified atom stereocenters. The average Bonchev–Trinajstić information content (AvgIpc) is 2.51. The summed E-state index contributed by atoms with van der Waals surface area (Å²) in [6, 6.07) is 1.95. The normalized spacial score (nSPS) is 12.1. The van der Waals surface area contributed by atoms with Crippen LogP contribution in [0.15, 0.2) is 35.5 Å². The van der Waals surface area contributed by atoms with Crippen molar-refractivity contribution in [1.82, 2.24) is 0 Å². The van der Waals surface area contributed by atoms with Gasteiger partial charge in [-0.2, -0.15) is 26.3 Å². The van der Waals surface area contributed by atoms with E-state index in [0.717, 1.165) is 0 Å². The molecule has 0 atom stereocenters. The van der Waals surface area contributed by atoms with Gasteiger partial charge in [0.05, 0.1) is 21.7 Å². The van der Waals surface area contributed by atoms with Gasteiger partial charge in [-0.05, 0) is 22.9 Å². The highest BCUT2D eigenvalue weighted by atomic mass is 19.4. The average molecular weight is 379 g/mol. The summed E-state index contributed by atoms with van der Waals surface area (Å²) < 4.78 is 77.9. The zero-order chi connectivity index (χ0) is 19.9. The number of nitro groups is 1. The number of alkyl halides is 6. The predicted molar refractivity (Wildman–Crippen MR) is 78.4 cm³/mol. The molecule has 26 heavy (non-hydrogen) atoms. The van der Waals surface area contributed by atoms with Gasteiger partial charge in [-0.3, -0.25) is 10.1 Å². The number of halogens is 6. The molecule has 2 N–H and O–H groups in total. The lowest BCUT2D eigenvalue weighted by atomic mass is 9.94. The Hall–Kier alpha value is -3.18. The molecule has 0 heterocycles. The summed E-state index contributed by atoms with van der Waals surface area (Å²) in [5.41, 5.74) is -1.59. The topological polar surface area (TPSA) is 98.6 Å². The van der Waals surface area contributed by atoms with Crippen LogP contribution in [0.3, 0.4) is 0 Å². The molecule has 6 nitrogen and oxygen atoms in total. The second-order valence-corrected chi connectivity index (χ2v) is 5.04. The first-order valence-corrected chi connectivity index (χ1v) is 6.56. The van der Waals surface area contributed by atoms with Crippen molar-refractivity contribution < 1.29 is 31.3 Å². The van der Waals surface area contributed by atoms with Crippen molar-refractivity contribution in [3.05, 3.63) is 56.5 Å². The van der Waals surface area contributed by atoms with Crippen LogP contribution >= 0.6 is 0 Å². The summed E-state index contributed by atoms with van der Waals surface area (Å²) in [4.78, 5) is 20.8. The molecule has 0 aliphatic rings. The van der Waals surface area contributed by atoms with Gasteiger partial charge in [0.15, 0.2) is 0 Å². The van der Waals surface area contributed by atoms with Gasteiger partial charge in [0.25, 0.3) is 5.69 Å². The Kier molecular flexibility index (Phi) is 4.62. The lowest BCUT2D eigenvalue weighted by Crippen LogP contribution is -2.12. The smallest absolute Gasteiger partial charge is 0.397 e. The SMILES string of the molecule is Nc1cc([N+](=O)[O-])cc(-c2ccc(C(F)(F)F)cc2C(F)(F)F)c1N=O. The number of hydrogen-bond donors (Lipinski definition) is 1. The first-order valence-electron chi connectivity index (χ1n) is 6.56. The van der Waals surface area contributed by atoms with Crippen molar-refractivity contribution in [3.8, 4) is 11.1 Å². The Balaban J connectivity index is 2.88. The summed E-state index contributed by atoms with van der Waals surface area (Å²) >= 11 is 0. The highest BCUT2D eigenvalue weighted by molar-refractivity contribution is 5.88. The molecule has 0 fully saturated rings. The molecule has 12 heteroatoms. The molecular weight excluding hydrogens is 372 g/mol. The molecule has 0 saturated carbocycles. The maximum absolute atomic E-state index is 13.3. The first-order chi connectivity index (χ1) is 11.9. The van der Waals surface area contributed by atoms with Crippen molar-refractivity contribution >= 4 is 17.1 Å². The number of nitrogens with zero attached hydrogens (tertiary/aromatic N) is 2. The molecule has 2 aromatic rings. The van der Waals surface area contributed by atoms with Crippen LogP contribution in [0.2, 0.25) is 0 Å². The van der Waals surface area contributed by atoms with E-state index in [1.165, 1.54) is 0 Å². The Morgan fingerprint density at radius 1 is 0.962 bits per heavy atom. The lowest BCUT2D eigenvalue weighted by Gasteiger charge is -2.17. The van der Waals surface area contributed by atoms with E-state index in [-0.39, 0.29) is 6.07 Å². The number of nitro benzene ring substituents is 1. The van der Waals surface area contributed by atoms with E-state index in [1.807, 2.05) is 0 Å². The van der Waals surface area contributed by atoms with Crippen LogP contribution in [-0.4, -0.2) is 4.92 Å². The highest BCUT2D eigenvalue weighted by Gasteiger charge is 2.39. The van der Waals surface area contributed by atoms with Crippen LogP contribution in [0.4, 0.5) is 43.4 Å². The van der Waals surface area contributed by atoms with Gasteiger partial charge >= 0.3 is 12.4 Å². The van der Waals surface area contributed by atoms with Crippen molar-refractivity contribution in [2.75, 3.05) is 5.73 Å². The second kappa shape index (κ2) is 6.28. The first kappa shape index (κ1) is 19.1. The zero-order valence-electron chi connectivity index (χ0n) is 12.4. The van der Waals surface area contributed by atoms with Crippen LogP contribution < -0.4 is 5.73 Å². The van der Waals surface area contributed by atoms with Gasteiger partial charge in [0.2, 0.25) is 0 Å². The van der Waals surface area contributed by atoms with E-state index in [2.05, 4.69) is 5.18 Å². The monoisotopic (exact) mass is 379 g/mol. The number of non-ortho nitro benzene ring substituents is 1. The largest absolute Gasteiger partial charge is 0.417 e. The number of hydrogen-bond acceptors (Lipinski definition) is 5. The number of benzene rings is 2. The van der Waals surface area contributed by atoms with Crippen LogP contribution in [0.25, 0.3) is 11.1 Å². The predicted octanol–water partition coefficient (Wildman–Crippen LogP) is 5.28. The molecule has 0 spiro atoms. The molecule has 0 aliphatic heterocycles. The van der Waals surface area contributed by atoms with E-state index < -0.39 is 56.6 Å². The summed E-state index contributed by atoms with van der Waals surface area (Å²) in [6.45, 7) is 0. The molecular formula is C14H7F6N3O3. The Morgan fingerprint density at radius 3 is 2.04 bits per heavy atom. The molecule has 2 aromatic carbocycles. The summed E-state index contributed by atoms with van der Waals surface area (Å²) in [5, 5.41) is 13.3. The van der Waals surface area contributed by atoms with Gasteiger partial charge in [-0.1, -0.05) is 6.07 Å². The van der Waals surface area contributed by atoms with Crippen molar-refractivity contribution in [2.45, 2.75) is 12.4 Å². The molecule has 0 amide bonds. The number of anilines is 1. The quantitative estimate of drug-likeness (QED) is 0.258. The lowest BCUT2D eigenvalue weighted by molar-refractivity contribution is -0.384. The maximum Gasteiger partial charge on any atom is 0.417 e. The molecule has 2 rings (SSSR count). The molecule has 0 radical (unpaired) electrons. The minimum absolute atomic E-state index is 0.154. The highest BCUT2D eigenvalue weighted by Crippen LogP contribution is 2.45. The third-order valence-electron chi connectivity index (χ3n) is 3.37. The van der Waals surface area contributed by atoms with Crippen molar-refractivity contribution in [1.29, 1.82) is 0 Å². The van der Waals surface area contributed by atoms with Crippen LogP contribution in [0.1, 0.15) is 11.1 Å². The Morgan fingerprint density at radius 2 is 1.58 bits per heavy atom. The fourth-order valence-electron chi connectivity index (χ4n) is 2.24. The fraction of sp³-hybridized carbons (Fsp3) is 0.143. The summed E-state index contributed by atoms with van der Waals surface area (Å²) in [7, 11) is 0. The van der Waals surface area contributed by atoms with Gasteiger partial charge in [0.1, 0.15) is 5.69 Å². The van der Waals surface area contributed by atoms with Crippen LogP contribution in [0, 0.1) is 15.0 Å². The van der Waals surface area contributed by atoms with E-state index in [9.17, 15) is 41.4 Å². The van der Waals surface area contributed by atoms with Crippen molar-refractivity contribution in [3.63, 3.8) is 0 Å². The second-order valence-electron chi connectivity index (χ2n) is 5.04. The standard InChI is InChI=1S/C14H7F6N3O3/c15-13(16,17)6-1-2-8(10(3-6)14(18,19)20)9-4-7(23(25)26)5-11(21)12(9)22-24/h1-5H,21H2. The fourth-order valence-corrected chi connectivity index (χ4v) is 2.24. The number of nitrogens with two attached hydrogens (primary N) is 1. The summed E-state index contributed by atoms with van der Waals surface area (Å²) in [6.07, 6.45) is -10.3. The maximum atomic E-state index is 13.3. The Bertz CT molecular complexity index is 893. The van der Waals surface area contributed by atoms with E-state index >= 15 is 0 Å². The summed E-state index contributed by atoms with van der Waals surface area (Å²) in [5.74, 6) is 0. The molecule has 0 aromatic heterocycles. The molecule has 0 aliphatic carbocycles. The van der Waals surface area contributed by atoms with E-state index in [0.29, 0.717) is 24.3 Å². The van der Waals surface area contributed by atoms with Gasteiger partial charge in [-0.15, -0.1) is 4.91 Å². The van der Waals surface area contributed by atoms with E-state index in [4.69, 9.17) is 5.73 Å². The van der Waals surface area contributed by atoms with Crippen molar-refractivity contribution in [2.24, 2.45) is 5.18 Å². The van der Waals surface area contributed by atoms with Gasteiger partial charge in [0, 0.05) is 17.7 Å². The van der Waals surface area contributed by atoms with Crippen LogP contribution in [-0.2, 0) is 12.4 Å². The Labute approximate surface area is 140 Å². The number of rotatable bonds is 3. The molecule has 0 saturated heterocycles. The zero-order valence-corrected chi connectivity index (χ0v) is 12.4. The minimum atomic E-state index is -5.24. The minimum Gasteiger partial charge on any atom is -0.397 e. The van der Waals surface area contributed by atoms with Gasteiger partial charge < -0.3 is 5.73 Å². The number of nitroso groups, excluding NO2 is 1. The third kappa shape index (κ3) is 3.58. The van der Waals surface area contributed by atoms with E-state index in [1.54, 1.807) is 0 Å². The molecule has 138 valence electrons. The molecule has 0 bridgehead atoms. The third-order valence-corrected chi connectivity index (χ3v) is 3.37. The van der Waals surface area contributed by atoms with Crippen LogP contribution in [0.5, 0.6) is 0 Å². The van der Waals surface area contributed by atoms with Gasteiger partial charge in [-0.25, -0.2) is 0 Å². The number of nitrogen functional groups attached to an aromatic ring is 1.